The molecule has 0 aromatic heterocycles. The van der Waals surface area contributed by atoms with Gasteiger partial charge in [0.15, 0.2) is 0 Å². The number of nitrogens with zero attached hydrogens (tertiary/aromatic N) is 2. The van der Waals surface area contributed by atoms with Crippen LogP contribution in [0.4, 0.5) is 5.69 Å². The number of likely N-dealkylation sites (N-methyl/N-ethyl adjacent to an activating group) is 1. The van der Waals surface area contributed by atoms with Crippen LogP contribution in [0.2, 0.25) is 5.02 Å². The minimum absolute atomic E-state index is 0.448. The molecule has 2 rings (SSSR count). The molecule has 4 heteroatoms. The largest absolute Gasteiger partial charge is 0.380 e. The molecule has 1 N–H and O–H groups in total. The van der Waals surface area contributed by atoms with Gasteiger partial charge in [-0.1, -0.05) is 18.5 Å². The van der Waals surface area contributed by atoms with E-state index in [2.05, 4.69) is 23.2 Å². The molecule has 0 saturated carbocycles. The lowest BCUT2D eigenvalue weighted by atomic mass is 10.1. The van der Waals surface area contributed by atoms with Gasteiger partial charge in [0.25, 0.3) is 0 Å². The molecule has 1 aliphatic heterocycles. The summed E-state index contributed by atoms with van der Waals surface area (Å²) in [6.07, 6.45) is 2.40. The first-order valence-electron chi connectivity index (χ1n) is 6.41. The van der Waals surface area contributed by atoms with Gasteiger partial charge in [-0.25, -0.2) is 0 Å². The molecule has 1 unspecified atom stereocenters. The Balaban J connectivity index is 2.03. The molecule has 96 valence electrons. The molecule has 1 aromatic carbocycles. The second kappa shape index (κ2) is 6.08. The van der Waals surface area contributed by atoms with Crippen molar-refractivity contribution in [3.63, 3.8) is 0 Å². The molecule has 3 nitrogen and oxygen atoms in total. The van der Waals surface area contributed by atoms with Crippen molar-refractivity contribution in [2.75, 3.05) is 25.0 Å². The zero-order valence-electron chi connectivity index (χ0n) is 10.6. The Morgan fingerprint density at radius 2 is 2.39 bits per heavy atom. The van der Waals surface area contributed by atoms with Crippen molar-refractivity contribution in [1.29, 1.82) is 5.26 Å². The highest BCUT2D eigenvalue weighted by atomic mass is 35.5. The lowest BCUT2D eigenvalue weighted by molar-refractivity contribution is 0.227. The third-order valence-corrected chi connectivity index (χ3v) is 3.72. The summed E-state index contributed by atoms with van der Waals surface area (Å²) in [5.74, 6) is 0. The number of benzene rings is 1. The predicted molar refractivity (Wildman–Crippen MR) is 74.9 cm³/mol. The lowest BCUT2D eigenvalue weighted by Gasteiger charge is -2.33. The fraction of sp³-hybridized carbons (Fsp3) is 0.500. The van der Waals surface area contributed by atoms with Crippen LogP contribution in [-0.4, -0.2) is 30.6 Å². The molecule has 18 heavy (non-hydrogen) atoms. The number of hydrogen-bond acceptors (Lipinski definition) is 3. The fourth-order valence-electron chi connectivity index (χ4n) is 2.38. The number of halogens is 1. The molecule has 1 aliphatic rings. The van der Waals surface area contributed by atoms with E-state index < -0.39 is 0 Å². The Morgan fingerprint density at radius 3 is 3.06 bits per heavy atom. The summed E-state index contributed by atoms with van der Waals surface area (Å²) in [7, 11) is 0. The van der Waals surface area contributed by atoms with E-state index in [0.717, 1.165) is 18.8 Å². The smallest absolute Gasteiger partial charge is 0.0992 e. The number of nitrogens with one attached hydrogen (secondary N) is 1. The van der Waals surface area contributed by atoms with Crippen molar-refractivity contribution < 1.29 is 0 Å². The van der Waals surface area contributed by atoms with Crippen molar-refractivity contribution in [1.82, 2.24) is 4.90 Å². The normalized spacial score (nSPS) is 20.4. The number of piperidine rings is 1. The molecule has 1 heterocycles. The van der Waals surface area contributed by atoms with Crippen LogP contribution in [0, 0.1) is 11.3 Å². The van der Waals surface area contributed by atoms with Crippen LogP contribution in [0.5, 0.6) is 0 Å². The zero-order chi connectivity index (χ0) is 13.0. The first kappa shape index (κ1) is 13.2. The summed E-state index contributed by atoms with van der Waals surface area (Å²) >= 11 is 6.17. The van der Waals surface area contributed by atoms with Crippen molar-refractivity contribution >= 4 is 17.3 Å². The van der Waals surface area contributed by atoms with Crippen LogP contribution in [0.15, 0.2) is 18.2 Å². The Morgan fingerprint density at radius 1 is 1.56 bits per heavy atom. The maximum absolute atomic E-state index is 8.81. The van der Waals surface area contributed by atoms with Crippen LogP contribution < -0.4 is 5.32 Å². The summed E-state index contributed by atoms with van der Waals surface area (Å²) in [6, 6.07) is 7.95. The number of rotatable bonds is 3. The van der Waals surface area contributed by atoms with E-state index in [0.29, 0.717) is 16.6 Å². The van der Waals surface area contributed by atoms with Gasteiger partial charge in [0.2, 0.25) is 0 Å². The van der Waals surface area contributed by atoms with Crippen molar-refractivity contribution in [2.45, 2.75) is 25.8 Å². The second-order valence-corrected chi connectivity index (χ2v) is 5.09. The highest BCUT2D eigenvalue weighted by molar-refractivity contribution is 6.33. The summed E-state index contributed by atoms with van der Waals surface area (Å²) in [6.45, 7) is 5.54. The summed E-state index contributed by atoms with van der Waals surface area (Å²) < 4.78 is 0. The number of hydrogen-bond donors (Lipinski definition) is 1. The van der Waals surface area contributed by atoms with Gasteiger partial charge in [0.1, 0.15) is 0 Å². The van der Waals surface area contributed by atoms with Gasteiger partial charge in [0, 0.05) is 12.6 Å². The summed E-state index contributed by atoms with van der Waals surface area (Å²) in [5.41, 5.74) is 1.53. The van der Waals surface area contributed by atoms with E-state index in [1.54, 1.807) is 12.1 Å². The van der Waals surface area contributed by atoms with Crippen molar-refractivity contribution in [3.8, 4) is 6.07 Å². The maximum atomic E-state index is 8.81. The molecule has 0 bridgehead atoms. The highest BCUT2D eigenvalue weighted by Gasteiger charge is 2.19. The monoisotopic (exact) mass is 263 g/mol. The van der Waals surface area contributed by atoms with E-state index >= 15 is 0 Å². The molecule has 0 radical (unpaired) electrons. The average Bonchev–Trinajstić information content (AvgIpc) is 2.41. The SMILES string of the molecule is CCN1CCCC(Nc2ccc(C#N)cc2Cl)C1. The third kappa shape index (κ3) is 3.16. The standard InChI is InChI=1S/C14H18ClN3/c1-2-18-7-3-4-12(10-18)17-14-6-5-11(9-16)8-13(14)15/h5-6,8,12,17H,2-4,7,10H2,1H3. The summed E-state index contributed by atoms with van der Waals surface area (Å²) in [5, 5.41) is 12.9. The maximum Gasteiger partial charge on any atom is 0.0992 e. The third-order valence-electron chi connectivity index (χ3n) is 3.41. The van der Waals surface area contributed by atoms with E-state index in [9.17, 15) is 0 Å². The fourth-order valence-corrected chi connectivity index (χ4v) is 2.62. The Bertz CT molecular complexity index is 453. The Hall–Kier alpha value is -1.24. The van der Waals surface area contributed by atoms with Crippen molar-refractivity contribution in [3.05, 3.63) is 28.8 Å². The topological polar surface area (TPSA) is 39.1 Å². The molecule has 1 saturated heterocycles. The predicted octanol–water partition coefficient (Wildman–Crippen LogP) is 3.11. The van der Waals surface area contributed by atoms with Gasteiger partial charge in [-0.2, -0.15) is 5.26 Å². The minimum Gasteiger partial charge on any atom is -0.380 e. The van der Waals surface area contributed by atoms with Gasteiger partial charge in [-0.05, 0) is 44.1 Å². The van der Waals surface area contributed by atoms with Crippen molar-refractivity contribution in [2.24, 2.45) is 0 Å². The van der Waals surface area contributed by atoms with Crippen LogP contribution in [-0.2, 0) is 0 Å². The van der Waals surface area contributed by atoms with Gasteiger partial charge in [-0.3, -0.25) is 0 Å². The van der Waals surface area contributed by atoms with Gasteiger partial charge in [0.05, 0.1) is 22.3 Å². The molecule has 0 aliphatic carbocycles. The molecule has 1 atom stereocenters. The summed E-state index contributed by atoms with van der Waals surface area (Å²) in [4.78, 5) is 2.44. The first-order chi connectivity index (χ1) is 8.72. The highest BCUT2D eigenvalue weighted by Crippen LogP contribution is 2.25. The first-order valence-corrected chi connectivity index (χ1v) is 6.79. The molecule has 0 spiro atoms. The van der Waals surface area contributed by atoms with Gasteiger partial charge >= 0.3 is 0 Å². The second-order valence-electron chi connectivity index (χ2n) is 4.68. The molecular weight excluding hydrogens is 246 g/mol. The van der Waals surface area contributed by atoms with Gasteiger partial charge in [-0.15, -0.1) is 0 Å². The lowest BCUT2D eigenvalue weighted by Crippen LogP contribution is -2.41. The van der Waals surface area contributed by atoms with E-state index in [4.69, 9.17) is 16.9 Å². The molecule has 1 aromatic rings. The molecule has 1 fully saturated rings. The average molecular weight is 264 g/mol. The molecule has 0 amide bonds. The molecular formula is C14H18ClN3. The Labute approximate surface area is 113 Å². The van der Waals surface area contributed by atoms with Crippen LogP contribution >= 0.6 is 11.6 Å². The van der Waals surface area contributed by atoms with Crippen LogP contribution in [0.3, 0.4) is 0 Å². The minimum atomic E-state index is 0.448. The zero-order valence-corrected chi connectivity index (χ0v) is 11.4. The van der Waals surface area contributed by atoms with E-state index in [-0.39, 0.29) is 0 Å². The van der Waals surface area contributed by atoms with Crippen LogP contribution in [0.1, 0.15) is 25.3 Å². The van der Waals surface area contributed by atoms with E-state index in [1.807, 2.05) is 6.07 Å². The number of anilines is 1. The quantitative estimate of drug-likeness (QED) is 0.911. The Kier molecular flexibility index (Phi) is 4.46. The number of nitriles is 1. The number of likely N-dealkylation sites (tertiary alicyclic amines) is 1. The van der Waals surface area contributed by atoms with Gasteiger partial charge < -0.3 is 10.2 Å². The van der Waals surface area contributed by atoms with Crippen LogP contribution in [0.25, 0.3) is 0 Å². The van der Waals surface area contributed by atoms with E-state index in [1.165, 1.54) is 19.4 Å².